The minimum Gasteiger partial charge on any atom is -0.465 e. The molecule has 0 aliphatic heterocycles. The number of benzene rings is 2. The van der Waals surface area contributed by atoms with Crippen molar-refractivity contribution in [1.82, 2.24) is 9.78 Å². The van der Waals surface area contributed by atoms with E-state index in [1.165, 1.54) is 32.2 Å². The van der Waals surface area contributed by atoms with Crippen molar-refractivity contribution in [2.24, 2.45) is 0 Å². The highest BCUT2D eigenvalue weighted by atomic mass is 35.5. The highest BCUT2D eigenvalue weighted by molar-refractivity contribution is 6.30. The van der Waals surface area contributed by atoms with Gasteiger partial charge in [0.1, 0.15) is 0 Å². The van der Waals surface area contributed by atoms with Crippen LogP contribution in [0.3, 0.4) is 0 Å². The molecule has 0 aliphatic carbocycles. The zero-order chi connectivity index (χ0) is 22.5. The lowest BCUT2D eigenvalue weighted by molar-refractivity contribution is -0.122. The Kier molecular flexibility index (Phi) is 6.71. The monoisotopic (exact) mass is 441 g/mol. The van der Waals surface area contributed by atoms with Crippen LogP contribution >= 0.6 is 11.6 Å². The largest absolute Gasteiger partial charge is 0.465 e. The molecule has 9 heteroatoms. The number of anilines is 1. The predicted molar refractivity (Wildman–Crippen MR) is 116 cm³/mol. The molecular formula is C22H20ClN3O5. The Bertz CT molecular complexity index is 1190. The number of amides is 1. The van der Waals surface area contributed by atoms with E-state index in [-0.39, 0.29) is 17.0 Å². The van der Waals surface area contributed by atoms with Crippen LogP contribution in [0.15, 0.2) is 59.4 Å². The molecule has 1 amide bonds. The third-order valence-electron chi connectivity index (χ3n) is 4.43. The number of rotatable bonds is 6. The third-order valence-corrected chi connectivity index (χ3v) is 4.67. The summed E-state index contributed by atoms with van der Waals surface area (Å²) in [6, 6.07) is 14.2. The quantitative estimate of drug-likeness (QED) is 0.588. The minimum atomic E-state index is -0.968. The Hall–Kier alpha value is -3.65. The van der Waals surface area contributed by atoms with E-state index in [1.807, 2.05) is 6.92 Å². The molecule has 0 spiro atoms. The number of carbonyl (C=O) groups excluding carboxylic acids is 2. The van der Waals surface area contributed by atoms with Gasteiger partial charge in [0.2, 0.25) is 5.88 Å². The van der Waals surface area contributed by atoms with Crippen LogP contribution in [0.25, 0.3) is 5.69 Å². The van der Waals surface area contributed by atoms with Crippen LogP contribution in [-0.2, 0) is 9.53 Å². The molecule has 0 aliphatic rings. The van der Waals surface area contributed by atoms with Gasteiger partial charge in [0.05, 0.1) is 24.0 Å². The van der Waals surface area contributed by atoms with Gasteiger partial charge in [0, 0.05) is 17.2 Å². The Morgan fingerprint density at radius 1 is 1.13 bits per heavy atom. The first-order chi connectivity index (χ1) is 14.8. The van der Waals surface area contributed by atoms with Gasteiger partial charge in [-0.2, -0.15) is 4.68 Å². The normalized spacial score (nSPS) is 11.5. The van der Waals surface area contributed by atoms with Gasteiger partial charge >= 0.3 is 5.97 Å². The fourth-order valence-electron chi connectivity index (χ4n) is 2.79. The summed E-state index contributed by atoms with van der Waals surface area (Å²) in [5.41, 5.74) is 1.44. The van der Waals surface area contributed by atoms with Gasteiger partial charge in [-0.15, -0.1) is 5.10 Å². The molecule has 0 fully saturated rings. The van der Waals surface area contributed by atoms with Crippen molar-refractivity contribution in [2.45, 2.75) is 20.0 Å². The van der Waals surface area contributed by atoms with Crippen LogP contribution in [0.4, 0.5) is 5.69 Å². The number of carbonyl (C=O) groups is 2. The fraction of sp³-hybridized carbons (Fsp3) is 0.182. The van der Waals surface area contributed by atoms with E-state index >= 15 is 0 Å². The molecular weight excluding hydrogens is 422 g/mol. The van der Waals surface area contributed by atoms with Crippen LogP contribution in [0.5, 0.6) is 5.88 Å². The number of hydrogen-bond acceptors (Lipinski definition) is 6. The molecule has 31 heavy (non-hydrogen) atoms. The highest BCUT2D eigenvalue weighted by Gasteiger charge is 2.20. The van der Waals surface area contributed by atoms with Crippen molar-refractivity contribution in [3.8, 4) is 11.6 Å². The number of halogens is 1. The second kappa shape index (κ2) is 9.44. The summed E-state index contributed by atoms with van der Waals surface area (Å²) in [5, 5.41) is 7.30. The SMILES string of the molecule is COC(=O)c1ccccc1NC(=O)C(C)Oc1ccc(=O)n(-c2cc(Cl)ccc2C)n1. The first-order valence-corrected chi connectivity index (χ1v) is 9.69. The van der Waals surface area contributed by atoms with Crippen LogP contribution in [0.2, 0.25) is 5.02 Å². The molecule has 1 atom stereocenters. The van der Waals surface area contributed by atoms with Gasteiger partial charge < -0.3 is 14.8 Å². The third kappa shape index (κ3) is 5.10. The van der Waals surface area contributed by atoms with E-state index in [2.05, 4.69) is 10.4 Å². The van der Waals surface area contributed by atoms with E-state index in [1.54, 1.807) is 36.4 Å². The minimum absolute atomic E-state index is 0.0721. The summed E-state index contributed by atoms with van der Waals surface area (Å²) in [5.74, 6) is -1.01. The van der Waals surface area contributed by atoms with Gasteiger partial charge in [0.25, 0.3) is 11.5 Å². The molecule has 3 aromatic rings. The fourth-order valence-corrected chi connectivity index (χ4v) is 2.96. The van der Waals surface area contributed by atoms with Gasteiger partial charge in [0.15, 0.2) is 6.10 Å². The lowest BCUT2D eigenvalue weighted by atomic mass is 10.1. The number of aromatic nitrogens is 2. The van der Waals surface area contributed by atoms with Crippen molar-refractivity contribution in [3.63, 3.8) is 0 Å². The molecule has 0 bridgehead atoms. The molecule has 0 saturated heterocycles. The van der Waals surface area contributed by atoms with E-state index < -0.39 is 18.0 Å². The van der Waals surface area contributed by atoms with Crippen molar-refractivity contribution in [3.05, 3.63) is 81.1 Å². The Morgan fingerprint density at radius 2 is 1.87 bits per heavy atom. The van der Waals surface area contributed by atoms with Gasteiger partial charge in [-0.05, 0) is 43.7 Å². The maximum absolute atomic E-state index is 12.6. The molecule has 8 nitrogen and oxygen atoms in total. The Morgan fingerprint density at radius 3 is 2.61 bits per heavy atom. The highest BCUT2D eigenvalue weighted by Crippen LogP contribution is 2.19. The molecule has 1 N–H and O–H groups in total. The standard InChI is InChI=1S/C22H20ClN3O5/c1-13-8-9-15(23)12-18(13)26-20(27)11-10-19(25-26)31-14(2)21(28)24-17-7-5-4-6-16(17)22(29)30-3/h4-12,14H,1-3H3,(H,24,28). The summed E-state index contributed by atoms with van der Waals surface area (Å²) >= 11 is 6.05. The summed E-state index contributed by atoms with van der Waals surface area (Å²) in [7, 11) is 1.26. The van der Waals surface area contributed by atoms with E-state index in [0.29, 0.717) is 16.4 Å². The summed E-state index contributed by atoms with van der Waals surface area (Å²) in [6.45, 7) is 3.35. The lowest BCUT2D eigenvalue weighted by Gasteiger charge is -2.16. The van der Waals surface area contributed by atoms with Crippen LogP contribution in [0, 0.1) is 6.92 Å². The second-order valence-corrected chi connectivity index (χ2v) is 7.08. The number of ether oxygens (including phenoxy) is 2. The Labute approximate surface area is 183 Å². The molecule has 0 radical (unpaired) electrons. The van der Waals surface area contributed by atoms with E-state index in [9.17, 15) is 14.4 Å². The number of esters is 1. The van der Waals surface area contributed by atoms with Crippen molar-refractivity contribution in [2.75, 3.05) is 12.4 Å². The zero-order valence-corrected chi connectivity index (χ0v) is 17.8. The predicted octanol–water partition coefficient (Wildman–Crippen LogP) is 3.39. The van der Waals surface area contributed by atoms with Crippen molar-refractivity contribution < 1.29 is 19.1 Å². The van der Waals surface area contributed by atoms with Crippen LogP contribution < -0.4 is 15.6 Å². The summed E-state index contributed by atoms with van der Waals surface area (Å²) < 4.78 is 11.5. The van der Waals surface area contributed by atoms with Gasteiger partial charge in [-0.25, -0.2) is 4.79 Å². The molecule has 3 rings (SSSR count). The number of hydrogen-bond donors (Lipinski definition) is 1. The van der Waals surface area contributed by atoms with E-state index in [0.717, 1.165) is 10.2 Å². The number of nitrogens with one attached hydrogen (secondary N) is 1. The van der Waals surface area contributed by atoms with Gasteiger partial charge in [-0.1, -0.05) is 29.8 Å². The van der Waals surface area contributed by atoms with Crippen molar-refractivity contribution in [1.29, 1.82) is 0 Å². The zero-order valence-electron chi connectivity index (χ0n) is 17.1. The average molecular weight is 442 g/mol. The van der Waals surface area contributed by atoms with Crippen molar-refractivity contribution >= 4 is 29.2 Å². The topological polar surface area (TPSA) is 99.5 Å². The molecule has 1 aromatic heterocycles. The first kappa shape index (κ1) is 22.0. The number of nitrogens with zero attached hydrogens (tertiary/aromatic N) is 2. The molecule has 1 unspecified atom stereocenters. The Balaban J connectivity index is 1.81. The lowest BCUT2D eigenvalue weighted by Crippen LogP contribution is -2.32. The van der Waals surface area contributed by atoms with Crippen LogP contribution in [-0.4, -0.2) is 34.9 Å². The van der Waals surface area contributed by atoms with Crippen LogP contribution in [0.1, 0.15) is 22.8 Å². The summed E-state index contributed by atoms with van der Waals surface area (Å²) in [4.78, 5) is 36.8. The maximum atomic E-state index is 12.6. The smallest absolute Gasteiger partial charge is 0.339 e. The summed E-state index contributed by atoms with van der Waals surface area (Å²) in [6.07, 6.45) is -0.968. The maximum Gasteiger partial charge on any atom is 0.339 e. The molecule has 2 aromatic carbocycles. The number of para-hydroxylation sites is 1. The number of aryl methyl sites for hydroxylation is 1. The van der Waals surface area contributed by atoms with E-state index in [4.69, 9.17) is 21.1 Å². The first-order valence-electron chi connectivity index (χ1n) is 9.32. The average Bonchev–Trinajstić information content (AvgIpc) is 2.76. The van der Waals surface area contributed by atoms with Gasteiger partial charge in [-0.3, -0.25) is 9.59 Å². The molecule has 160 valence electrons. The molecule has 0 saturated carbocycles. The second-order valence-electron chi connectivity index (χ2n) is 6.64. The molecule has 1 heterocycles. The number of methoxy groups -OCH3 is 1.